The van der Waals surface area contributed by atoms with Crippen molar-refractivity contribution in [2.75, 3.05) is 5.32 Å². The van der Waals surface area contributed by atoms with E-state index in [4.69, 9.17) is 11.1 Å². The zero-order valence-corrected chi connectivity index (χ0v) is 9.49. The van der Waals surface area contributed by atoms with E-state index in [2.05, 4.69) is 5.32 Å². The highest BCUT2D eigenvalue weighted by molar-refractivity contribution is 5.99. The van der Waals surface area contributed by atoms with E-state index in [9.17, 15) is 5.11 Å². The molecule has 0 heterocycles. The van der Waals surface area contributed by atoms with Gasteiger partial charge in [0.2, 0.25) is 0 Å². The van der Waals surface area contributed by atoms with E-state index < -0.39 is 5.60 Å². The number of benzene rings is 1. The molecular formula is C12H17N3O. The Kier molecular flexibility index (Phi) is 3.68. The van der Waals surface area contributed by atoms with E-state index >= 15 is 0 Å². The normalized spacial score (nSPS) is 12.3. The quantitative estimate of drug-likeness (QED) is 0.582. The number of aliphatic hydroxyl groups is 1. The van der Waals surface area contributed by atoms with Gasteiger partial charge < -0.3 is 21.6 Å². The smallest absolute Gasteiger partial charge is 0.102 e. The summed E-state index contributed by atoms with van der Waals surface area (Å²) < 4.78 is 0. The number of hydrogen-bond donors (Lipinski definition) is 4. The van der Waals surface area contributed by atoms with Gasteiger partial charge in [-0.15, -0.1) is 0 Å². The molecule has 0 aliphatic heterocycles. The van der Waals surface area contributed by atoms with E-state index in [1.54, 1.807) is 13.8 Å². The molecule has 0 saturated heterocycles. The molecule has 0 atom stereocenters. The summed E-state index contributed by atoms with van der Waals surface area (Å²) in [5, 5.41) is 20.1. The Morgan fingerprint density at radius 2 is 1.94 bits per heavy atom. The van der Waals surface area contributed by atoms with Crippen LogP contribution in [-0.4, -0.2) is 16.4 Å². The molecule has 4 heteroatoms. The number of nitrogens with two attached hydrogens (primary N) is 1. The van der Waals surface area contributed by atoms with Crippen LogP contribution in [0.25, 0.3) is 0 Å². The van der Waals surface area contributed by atoms with Crippen LogP contribution in [0.4, 0.5) is 5.69 Å². The summed E-state index contributed by atoms with van der Waals surface area (Å²) in [4.78, 5) is 0. The molecule has 0 aromatic heterocycles. The second kappa shape index (κ2) is 4.81. The first kappa shape index (κ1) is 12.3. The van der Waals surface area contributed by atoms with Crippen molar-refractivity contribution in [2.45, 2.75) is 19.4 Å². The Balaban J connectivity index is 2.70. The second-order valence-corrected chi connectivity index (χ2v) is 4.06. The first-order chi connectivity index (χ1) is 7.39. The second-order valence-electron chi connectivity index (χ2n) is 4.06. The van der Waals surface area contributed by atoms with Crippen molar-refractivity contribution >= 4 is 11.4 Å². The van der Waals surface area contributed by atoms with Crippen molar-refractivity contribution in [2.24, 2.45) is 5.73 Å². The van der Waals surface area contributed by atoms with Gasteiger partial charge in [-0.2, -0.15) is 0 Å². The van der Waals surface area contributed by atoms with Gasteiger partial charge in [-0.05, 0) is 26.0 Å². The summed E-state index contributed by atoms with van der Waals surface area (Å²) in [6.45, 7) is 3.09. The van der Waals surface area contributed by atoms with Crippen LogP contribution in [0.1, 0.15) is 13.8 Å². The lowest BCUT2D eigenvalue weighted by Crippen LogP contribution is -2.30. The average Bonchev–Trinajstić information content (AvgIpc) is 2.17. The summed E-state index contributed by atoms with van der Waals surface area (Å²) in [5.74, 6) is 0.332. The van der Waals surface area contributed by atoms with Crippen LogP contribution in [0.2, 0.25) is 0 Å². The molecule has 0 amide bonds. The van der Waals surface area contributed by atoms with Crippen LogP contribution in [0, 0.1) is 5.41 Å². The third-order valence-corrected chi connectivity index (χ3v) is 2.02. The molecule has 0 aliphatic rings. The summed E-state index contributed by atoms with van der Waals surface area (Å²) in [6.07, 6.45) is 1.41. The van der Waals surface area contributed by atoms with E-state index in [1.165, 1.54) is 6.08 Å². The first-order valence-electron chi connectivity index (χ1n) is 5.00. The molecule has 4 nitrogen and oxygen atoms in total. The van der Waals surface area contributed by atoms with Gasteiger partial charge in [-0.3, -0.25) is 0 Å². The minimum Gasteiger partial charge on any atom is -0.385 e. The maximum Gasteiger partial charge on any atom is 0.102 e. The summed E-state index contributed by atoms with van der Waals surface area (Å²) >= 11 is 0. The fourth-order valence-electron chi connectivity index (χ4n) is 1.06. The van der Waals surface area contributed by atoms with Gasteiger partial charge in [0, 0.05) is 11.8 Å². The lowest BCUT2D eigenvalue weighted by Gasteiger charge is -2.16. The average molecular weight is 219 g/mol. The predicted octanol–water partition coefficient (Wildman–Crippen LogP) is 1.69. The number of hydrogen-bond acceptors (Lipinski definition) is 4. The van der Waals surface area contributed by atoms with E-state index in [0.717, 1.165) is 5.69 Å². The van der Waals surface area contributed by atoms with Crippen LogP contribution in [0.5, 0.6) is 0 Å². The van der Waals surface area contributed by atoms with Gasteiger partial charge in [-0.1, -0.05) is 18.2 Å². The largest absolute Gasteiger partial charge is 0.385 e. The van der Waals surface area contributed by atoms with Gasteiger partial charge >= 0.3 is 0 Å². The Morgan fingerprint density at radius 1 is 1.38 bits per heavy atom. The Morgan fingerprint density at radius 3 is 2.44 bits per heavy atom. The van der Waals surface area contributed by atoms with E-state index in [-0.39, 0.29) is 5.71 Å². The number of para-hydroxylation sites is 1. The topological polar surface area (TPSA) is 82.1 Å². The molecular weight excluding hydrogens is 202 g/mol. The molecule has 0 unspecified atom stereocenters. The summed E-state index contributed by atoms with van der Waals surface area (Å²) in [5.41, 5.74) is 5.43. The lowest BCUT2D eigenvalue weighted by molar-refractivity contribution is 0.154. The van der Waals surface area contributed by atoms with Gasteiger partial charge in [0.1, 0.15) is 11.4 Å². The maximum absolute atomic E-state index is 9.55. The number of rotatable bonds is 4. The molecule has 0 fully saturated rings. The first-order valence-corrected chi connectivity index (χ1v) is 5.00. The molecule has 0 saturated carbocycles. The maximum atomic E-state index is 9.55. The fraction of sp³-hybridized carbons (Fsp3) is 0.250. The van der Waals surface area contributed by atoms with Crippen molar-refractivity contribution in [3.8, 4) is 0 Å². The molecule has 0 spiro atoms. The van der Waals surface area contributed by atoms with Crippen LogP contribution in [-0.2, 0) is 0 Å². The van der Waals surface area contributed by atoms with Crippen LogP contribution in [0.15, 0.2) is 42.2 Å². The van der Waals surface area contributed by atoms with Gasteiger partial charge in [0.05, 0.1) is 5.71 Å². The van der Waals surface area contributed by atoms with Crippen molar-refractivity contribution in [1.82, 2.24) is 0 Å². The van der Waals surface area contributed by atoms with E-state index in [1.807, 2.05) is 30.3 Å². The third-order valence-electron chi connectivity index (χ3n) is 2.02. The SMILES string of the molecule is CC(C)(O)C(=N)/C=C(/N)Nc1ccccc1. The molecule has 86 valence electrons. The minimum atomic E-state index is -1.18. The van der Waals surface area contributed by atoms with Crippen molar-refractivity contribution in [3.05, 3.63) is 42.2 Å². The van der Waals surface area contributed by atoms with E-state index in [0.29, 0.717) is 5.82 Å². The standard InChI is InChI=1S/C12H17N3O/c1-12(2,16)10(13)8-11(14)15-9-6-4-3-5-7-9/h3-8,13,15-16H,14H2,1-2H3/b11-8-,13-10?. The van der Waals surface area contributed by atoms with Gasteiger partial charge in [-0.25, -0.2) is 0 Å². The molecule has 0 aliphatic carbocycles. The molecule has 5 N–H and O–H groups in total. The number of anilines is 1. The zero-order valence-electron chi connectivity index (χ0n) is 9.49. The summed E-state index contributed by atoms with van der Waals surface area (Å²) in [6, 6.07) is 9.42. The minimum absolute atomic E-state index is 0.0634. The highest BCUT2D eigenvalue weighted by Gasteiger charge is 2.17. The van der Waals surface area contributed by atoms with Crippen molar-refractivity contribution in [3.63, 3.8) is 0 Å². The van der Waals surface area contributed by atoms with Gasteiger partial charge in [0.25, 0.3) is 0 Å². The van der Waals surface area contributed by atoms with Crippen molar-refractivity contribution in [1.29, 1.82) is 5.41 Å². The molecule has 0 radical (unpaired) electrons. The zero-order chi connectivity index (χ0) is 12.2. The highest BCUT2D eigenvalue weighted by atomic mass is 16.3. The fourth-order valence-corrected chi connectivity index (χ4v) is 1.06. The van der Waals surface area contributed by atoms with Crippen LogP contribution in [0.3, 0.4) is 0 Å². The van der Waals surface area contributed by atoms with Crippen LogP contribution >= 0.6 is 0 Å². The van der Waals surface area contributed by atoms with Crippen molar-refractivity contribution < 1.29 is 5.11 Å². The monoisotopic (exact) mass is 219 g/mol. The van der Waals surface area contributed by atoms with Gasteiger partial charge in [0.15, 0.2) is 0 Å². The Labute approximate surface area is 95.3 Å². The summed E-state index contributed by atoms with van der Waals surface area (Å²) in [7, 11) is 0. The Hall–Kier alpha value is -1.81. The molecule has 0 bridgehead atoms. The lowest BCUT2D eigenvalue weighted by atomic mass is 10.0. The molecule has 1 aromatic carbocycles. The molecule has 1 rings (SSSR count). The van der Waals surface area contributed by atoms with Crippen LogP contribution < -0.4 is 11.1 Å². The molecule has 1 aromatic rings. The highest BCUT2D eigenvalue weighted by Crippen LogP contribution is 2.09. The molecule has 16 heavy (non-hydrogen) atoms. The third kappa shape index (κ3) is 3.74. The number of nitrogens with one attached hydrogen (secondary N) is 2. The predicted molar refractivity (Wildman–Crippen MR) is 66.4 cm³/mol. The Bertz CT molecular complexity index is 390.